The summed E-state index contributed by atoms with van der Waals surface area (Å²) >= 11 is 0.801. The summed E-state index contributed by atoms with van der Waals surface area (Å²) in [5.74, 6) is -4.63. The van der Waals surface area contributed by atoms with E-state index in [1.165, 1.54) is 26.1 Å². The van der Waals surface area contributed by atoms with Gasteiger partial charge in [0.25, 0.3) is 0 Å². The van der Waals surface area contributed by atoms with Crippen LogP contribution in [0.2, 0.25) is 0 Å². The molecule has 1 heterocycles. The van der Waals surface area contributed by atoms with Crippen LogP contribution in [0.3, 0.4) is 0 Å². The van der Waals surface area contributed by atoms with Crippen LogP contribution in [0.5, 0.6) is 5.75 Å². The highest BCUT2D eigenvalue weighted by molar-refractivity contribution is 7.22. The monoisotopic (exact) mass is 543 g/mol. The Balaban J connectivity index is 0.00000235. The Morgan fingerprint density at radius 2 is 1.73 bits per heavy atom. The summed E-state index contributed by atoms with van der Waals surface area (Å²) in [6.45, 7) is 5.46. The van der Waals surface area contributed by atoms with Crippen molar-refractivity contribution < 1.29 is 36.7 Å². The molecule has 1 unspecified atom stereocenters. The first-order chi connectivity index (χ1) is 17.5. The van der Waals surface area contributed by atoms with Gasteiger partial charge < -0.3 is 20.7 Å². The van der Waals surface area contributed by atoms with Crippen LogP contribution < -0.4 is 26.0 Å². The molecule has 2 aromatic carbocycles. The Labute approximate surface area is 213 Å². The summed E-state index contributed by atoms with van der Waals surface area (Å²) < 4.78 is 59.5. The summed E-state index contributed by atoms with van der Waals surface area (Å²) in [6, 6.07) is 6.19. The van der Waals surface area contributed by atoms with Crippen molar-refractivity contribution in [2.24, 2.45) is 0 Å². The average molecular weight is 544 g/mol. The van der Waals surface area contributed by atoms with Crippen LogP contribution in [0.25, 0.3) is 10.2 Å². The molecule has 0 fully saturated rings. The van der Waals surface area contributed by atoms with Crippen molar-refractivity contribution in [2.75, 3.05) is 24.2 Å². The van der Waals surface area contributed by atoms with E-state index in [0.29, 0.717) is 0 Å². The molecule has 0 radical (unpaired) electrons. The number of thiazole rings is 1. The van der Waals surface area contributed by atoms with E-state index in [4.69, 9.17) is 4.74 Å². The number of nitrogens with one attached hydrogen (secondary N) is 4. The number of rotatable bonds is 6. The van der Waals surface area contributed by atoms with E-state index in [2.05, 4.69) is 26.3 Å². The summed E-state index contributed by atoms with van der Waals surface area (Å²) in [4.78, 5) is 40.4. The molecule has 4 N–H and O–H groups in total. The van der Waals surface area contributed by atoms with Crippen molar-refractivity contribution >= 4 is 50.4 Å². The predicted octanol–water partition coefficient (Wildman–Crippen LogP) is 5.61. The van der Waals surface area contributed by atoms with Crippen molar-refractivity contribution in [3.8, 4) is 5.75 Å². The van der Waals surface area contributed by atoms with Gasteiger partial charge in [-0.2, -0.15) is 13.2 Å². The minimum absolute atomic E-state index is 0.00347. The first kappa shape index (κ1) is 29.3. The topological polar surface area (TPSA) is 121 Å². The molecule has 14 heteroatoms. The second-order valence-corrected chi connectivity index (χ2v) is 8.01. The zero-order valence-corrected chi connectivity index (χ0v) is 21.1. The molecule has 0 aliphatic carbocycles. The van der Waals surface area contributed by atoms with Gasteiger partial charge >= 0.3 is 18.3 Å². The largest absolute Gasteiger partial charge is 0.412 e. The van der Waals surface area contributed by atoms with Gasteiger partial charge in [0.2, 0.25) is 5.91 Å². The summed E-state index contributed by atoms with van der Waals surface area (Å²) in [5.41, 5.74) is -0.192. The summed E-state index contributed by atoms with van der Waals surface area (Å²) in [5, 5.41) is 9.16. The maximum Gasteiger partial charge on any atom is 0.412 e. The molecule has 0 spiro atoms. The fraction of sp³-hybridized carbons (Fsp3) is 0.304. The van der Waals surface area contributed by atoms with Crippen LogP contribution in [0.1, 0.15) is 32.3 Å². The van der Waals surface area contributed by atoms with E-state index in [9.17, 15) is 31.9 Å². The number of fused-ring (bicyclic) bond motifs is 1. The molecule has 3 rings (SSSR count). The lowest BCUT2D eigenvalue weighted by atomic mass is 9.97. The van der Waals surface area contributed by atoms with Gasteiger partial charge in [-0.25, -0.2) is 19.0 Å². The number of carbonyl (C=O) groups excluding carboxylic acids is 3. The average Bonchev–Trinajstić information content (AvgIpc) is 3.23. The second kappa shape index (κ2) is 12.9. The molecule has 4 amide bonds. The number of nitrogens with zero attached hydrogens (tertiary/aromatic N) is 1. The number of urea groups is 1. The van der Waals surface area contributed by atoms with Crippen molar-refractivity contribution in [1.29, 1.82) is 0 Å². The maximum absolute atomic E-state index is 13.8. The molecular formula is C23H25F4N5O4S. The molecule has 9 nitrogen and oxygen atoms in total. The molecular weight excluding hydrogens is 518 g/mol. The zero-order valence-electron chi connectivity index (χ0n) is 20.2. The number of benzene rings is 2. The van der Waals surface area contributed by atoms with Crippen molar-refractivity contribution in [1.82, 2.24) is 15.6 Å². The number of hydrogen-bond donors (Lipinski definition) is 4. The van der Waals surface area contributed by atoms with Gasteiger partial charge in [-0.1, -0.05) is 25.2 Å². The maximum atomic E-state index is 13.8. The molecule has 0 saturated heterocycles. The number of carbonyl (C=O) groups is 3. The van der Waals surface area contributed by atoms with Gasteiger partial charge in [-0.3, -0.25) is 10.1 Å². The van der Waals surface area contributed by atoms with Crippen LogP contribution in [0, 0.1) is 5.82 Å². The van der Waals surface area contributed by atoms with Gasteiger partial charge in [0.15, 0.2) is 16.8 Å². The number of anilines is 2. The standard InChI is InChI=1S/C21H19F4N5O4S.C2H6/c1-3-27-17(31)15(21(23,24)25)10-8-13(34-20(33)26-2)16-14(9-10)35-19(29-16)30-18(32)28-12-6-4-11(22)5-7-12;1-2/h4-9,15H,3H2,1-2H3,(H,26,33)(H,27,31)(H2,28,29,30,32);1-2H3. The number of ether oxygens (including phenoxy) is 1. The SMILES string of the molecule is CC.CCNC(=O)C(c1cc(OC(=O)NC)c2nc(NC(=O)Nc3ccc(F)cc3)sc2c1)C(F)(F)F. The highest BCUT2D eigenvalue weighted by Gasteiger charge is 2.46. The van der Waals surface area contributed by atoms with E-state index in [0.717, 1.165) is 35.6 Å². The van der Waals surface area contributed by atoms with E-state index in [1.54, 1.807) is 0 Å². The van der Waals surface area contributed by atoms with Crippen LogP contribution in [-0.2, 0) is 4.79 Å². The molecule has 1 aromatic heterocycles. The minimum atomic E-state index is -4.93. The molecule has 200 valence electrons. The third-order valence-electron chi connectivity index (χ3n) is 4.49. The van der Waals surface area contributed by atoms with Gasteiger partial charge in [0, 0.05) is 19.3 Å². The van der Waals surface area contributed by atoms with Crippen molar-refractivity contribution in [3.05, 3.63) is 47.8 Å². The molecule has 3 aromatic rings. The lowest BCUT2D eigenvalue weighted by Crippen LogP contribution is -2.37. The summed E-state index contributed by atoms with van der Waals surface area (Å²) in [6.07, 6.45) is -5.90. The Morgan fingerprint density at radius 1 is 1.08 bits per heavy atom. The number of amides is 4. The first-order valence-electron chi connectivity index (χ1n) is 11.0. The van der Waals surface area contributed by atoms with Gasteiger partial charge in [0.05, 0.1) is 4.70 Å². The highest BCUT2D eigenvalue weighted by Crippen LogP contribution is 2.41. The number of hydrogen-bond acceptors (Lipinski definition) is 6. The van der Waals surface area contributed by atoms with Gasteiger partial charge in [-0.15, -0.1) is 0 Å². The van der Waals surface area contributed by atoms with Crippen molar-refractivity contribution in [3.63, 3.8) is 0 Å². The smallest absolute Gasteiger partial charge is 0.408 e. The predicted molar refractivity (Wildman–Crippen MR) is 133 cm³/mol. The lowest BCUT2D eigenvalue weighted by molar-refractivity contribution is -0.164. The van der Waals surface area contributed by atoms with Gasteiger partial charge in [0.1, 0.15) is 11.3 Å². The van der Waals surface area contributed by atoms with E-state index >= 15 is 0 Å². The van der Waals surface area contributed by atoms with Crippen molar-refractivity contribution in [2.45, 2.75) is 32.9 Å². The van der Waals surface area contributed by atoms with Crippen LogP contribution in [0.15, 0.2) is 36.4 Å². The van der Waals surface area contributed by atoms with Crippen LogP contribution in [0.4, 0.5) is 38.0 Å². The lowest BCUT2D eigenvalue weighted by Gasteiger charge is -2.20. The third-order valence-corrected chi connectivity index (χ3v) is 5.40. The molecule has 1 atom stereocenters. The molecule has 0 bridgehead atoms. The number of likely N-dealkylation sites (N-methyl/N-ethyl adjacent to an activating group) is 1. The Kier molecular flexibility index (Phi) is 10.2. The van der Waals surface area contributed by atoms with Crippen LogP contribution in [-0.4, -0.2) is 42.8 Å². The third kappa shape index (κ3) is 7.77. The highest BCUT2D eigenvalue weighted by atomic mass is 32.1. The normalized spacial score (nSPS) is 11.6. The van der Waals surface area contributed by atoms with Gasteiger partial charge in [-0.05, 0) is 48.9 Å². The summed E-state index contributed by atoms with van der Waals surface area (Å²) in [7, 11) is 1.25. The van der Waals surface area contributed by atoms with E-state index in [1.807, 2.05) is 13.8 Å². The quantitative estimate of drug-likeness (QED) is 0.301. The minimum Gasteiger partial charge on any atom is -0.408 e. The Bertz CT molecular complexity index is 1250. The molecule has 0 saturated carbocycles. The van der Waals surface area contributed by atoms with E-state index in [-0.39, 0.29) is 33.3 Å². The number of halogens is 4. The fourth-order valence-corrected chi connectivity index (χ4v) is 3.95. The molecule has 0 aliphatic heterocycles. The number of aromatic nitrogens is 1. The Morgan fingerprint density at radius 3 is 2.30 bits per heavy atom. The first-order valence-corrected chi connectivity index (χ1v) is 11.9. The molecule has 0 aliphatic rings. The Hall–Kier alpha value is -3.94. The van der Waals surface area contributed by atoms with Crippen LogP contribution >= 0.6 is 11.3 Å². The molecule has 37 heavy (non-hydrogen) atoms. The zero-order chi connectivity index (χ0) is 27.8. The fourth-order valence-electron chi connectivity index (χ4n) is 3.03. The second-order valence-electron chi connectivity index (χ2n) is 6.98. The van der Waals surface area contributed by atoms with E-state index < -0.39 is 41.5 Å². The number of alkyl halides is 3.